The average Bonchev–Trinajstić information content (AvgIpc) is 2.89. The molecule has 4 nitrogen and oxygen atoms in total. The number of hydrogen-bond acceptors (Lipinski definition) is 5. The number of benzene rings is 1. The summed E-state index contributed by atoms with van der Waals surface area (Å²) in [6.45, 7) is 6.42. The fourth-order valence-electron chi connectivity index (χ4n) is 1.89. The van der Waals surface area contributed by atoms with Gasteiger partial charge in [0.25, 0.3) is 0 Å². The van der Waals surface area contributed by atoms with Crippen molar-refractivity contribution in [3.8, 4) is 0 Å². The Labute approximate surface area is 129 Å². The molecule has 0 saturated heterocycles. The highest BCUT2D eigenvalue weighted by atomic mass is 32.1. The lowest BCUT2D eigenvalue weighted by atomic mass is 10.1. The van der Waals surface area contributed by atoms with Crippen LogP contribution in [-0.4, -0.2) is 17.6 Å². The molecule has 1 heterocycles. The van der Waals surface area contributed by atoms with Gasteiger partial charge in [0.15, 0.2) is 5.13 Å². The van der Waals surface area contributed by atoms with Crippen LogP contribution < -0.4 is 5.32 Å². The van der Waals surface area contributed by atoms with E-state index in [4.69, 9.17) is 4.74 Å². The Morgan fingerprint density at radius 2 is 2.14 bits per heavy atom. The van der Waals surface area contributed by atoms with E-state index in [2.05, 4.69) is 36.3 Å². The Balaban J connectivity index is 1.93. The van der Waals surface area contributed by atoms with Gasteiger partial charge in [0, 0.05) is 17.5 Å². The first kappa shape index (κ1) is 15.5. The lowest BCUT2D eigenvalue weighted by molar-refractivity contribution is -0.143. The molecule has 0 unspecified atom stereocenters. The van der Waals surface area contributed by atoms with Crippen LogP contribution in [0.4, 0.5) is 10.8 Å². The summed E-state index contributed by atoms with van der Waals surface area (Å²) in [5, 5.41) is 6.12. The lowest BCUT2D eigenvalue weighted by Gasteiger charge is -2.05. The first-order valence-electron chi connectivity index (χ1n) is 7.02. The number of rotatable bonds is 6. The third-order valence-corrected chi connectivity index (χ3v) is 4.01. The normalized spacial score (nSPS) is 10.4. The topological polar surface area (TPSA) is 51.2 Å². The zero-order chi connectivity index (χ0) is 15.2. The second-order valence-corrected chi connectivity index (χ2v) is 5.73. The van der Waals surface area contributed by atoms with Gasteiger partial charge in [-0.25, -0.2) is 4.98 Å². The van der Waals surface area contributed by atoms with Gasteiger partial charge in [0.1, 0.15) is 0 Å². The molecule has 0 amide bonds. The van der Waals surface area contributed by atoms with Crippen LogP contribution in [0.3, 0.4) is 0 Å². The van der Waals surface area contributed by atoms with Gasteiger partial charge in [-0.05, 0) is 44.0 Å². The maximum Gasteiger partial charge on any atom is 0.306 e. The monoisotopic (exact) mass is 304 g/mol. The van der Waals surface area contributed by atoms with Gasteiger partial charge in [-0.1, -0.05) is 6.07 Å². The van der Waals surface area contributed by atoms with Crippen molar-refractivity contribution in [1.82, 2.24) is 4.98 Å². The molecule has 0 aliphatic rings. The molecule has 1 aromatic heterocycles. The molecule has 0 radical (unpaired) electrons. The zero-order valence-corrected chi connectivity index (χ0v) is 13.4. The van der Waals surface area contributed by atoms with Gasteiger partial charge in [-0.3, -0.25) is 4.79 Å². The molecular formula is C16H20N2O2S. The van der Waals surface area contributed by atoms with Crippen LogP contribution in [0.25, 0.3) is 0 Å². The van der Waals surface area contributed by atoms with Crippen molar-refractivity contribution in [2.24, 2.45) is 0 Å². The van der Waals surface area contributed by atoms with Crippen molar-refractivity contribution in [2.75, 3.05) is 11.9 Å². The molecule has 1 N–H and O–H groups in total. The third-order valence-electron chi connectivity index (χ3n) is 3.20. The molecule has 0 atom stereocenters. The fraction of sp³-hybridized carbons (Fsp3) is 0.375. The molecule has 2 rings (SSSR count). The maximum atomic E-state index is 11.3. The summed E-state index contributed by atoms with van der Waals surface area (Å²) in [5.74, 6) is -0.172. The highest BCUT2D eigenvalue weighted by molar-refractivity contribution is 7.13. The molecule has 0 fully saturated rings. The van der Waals surface area contributed by atoms with E-state index in [1.807, 2.05) is 18.4 Å². The number of aryl methyl sites for hydroxylation is 3. The van der Waals surface area contributed by atoms with Gasteiger partial charge in [0.05, 0.1) is 18.7 Å². The van der Waals surface area contributed by atoms with E-state index in [0.717, 1.165) is 16.5 Å². The van der Waals surface area contributed by atoms with E-state index < -0.39 is 0 Å². The van der Waals surface area contributed by atoms with E-state index >= 15 is 0 Å². The van der Waals surface area contributed by atoms with Crippen LogP contribution in [0.1, 0.15) is 30.2 Å². The number of hydrogen-bond donors (Lipinski definition) is 1. The molecule has 1 aromatic carbocycles. The summed E-state index contributed by atoms with van der Waals surface area (Å²) in [7, 11) is 0. The van der Waals surface area contributed by atoms with Crippen molar-refractivity contribution in [3.63, 3.8) is 0 Å². The number of ether oxygens (including phenoxy) is 1. The lowest BCUT2D eigenvalue weighted by Crippen LogP contribution is -2.05. The quantitative estimate of drug-likeness (QED) is 0.820. The number of anilines is 2. The molecule has 0 aliphatic carbocycles. The Bertz CT molecular complexity index is 622. The molecule has 0 saturated carbocycles. The fourth-order valence-corrected chi connectivity index (χ4v) is 2.65. The second kappa shape index (κ2) is 7.22. The first-order chi connectivity index (χ1) is 10.1. The van der Waals surface area contributed by atoms with Gasteiger partial charge >= 0.3 is 5.97 Å². The van der Waals surface area contributed by atoms with Crippen molar-refractivity contribution in [1.29, 1.82) is 0 Å². The Morgan fingerprint density at radius 1 is 1.33 bits per heavy atom. The van der Waals surface area contributed by atoms with Crippen molar-refractivity contribution >= 4 is 28.1 Å². The molecule has 112 valence electrons. The number of carbonyl (C=O) groups is 1. The number of nitrogens with zero attached hydrogens (tertiary/aromatic N) is 1. The Hall–Kier alpha value is -1.88. The first-order valence-corrected chi connectivity index (χ1v) is 7.90. The van der Waals surface area contributed by atoms with E-state index in [9.17, 15) is 4.79 Å². The summed E-state index contributed by atoms with van der Waals surface area (Å²) in [4.78, 5) is 15.8. The number of thiazole rings is 1. The zero-order valence-electron chi connectivity index (χ0n) is 12.6. The average molecular weight is 304 g/mol. The van der Waals surface area contributed by atoms with E-state index in [-0.39, 0.29) is 5.97 Å². The third kappa shape index (κ3) is 4.56. The summed E-state index contributed by atoms with van der Waals surface area (Å²) in [6.07, 6.45) is 0.991. The number of aromatic nitrogens is 1. The van der Waals surface area contributed by atoms with E-state index in [1.54, 1.807) is 11.3 Å². The minimum absolute atomic E-state index is 0.172. The highest BCUT2D eigenvalue weighted by Gasteiger charge is 2.07. The van der Waals surface area contributed by atoms with Gasteiger partial charge in [-0.15, -0.1) is 11.3 Å². The minimum atomic E-state index is -0.172. The Morgan fingerprint density at radius 3 is 2.86 bits per heavy atom. The summed E-state index contributed by atoms with van der Waals surface area (Å²) in [5.41, 5.74) is 4.47. The number of esters is 1. The SMILES string of the molecule is CCOC(=O)CCc1csc(Nc2ccc(C)c(C)c2)n1. The molecule has 5 heteroatoms. The van der Waals surface area contributed by atoms with E-state index in [1.165, 1.54) is 11.1 Å². The molecule has 0 aliphatic heterocycles. The summed E-state index contributed by atoms with van der Waals surface area (Å²) < 4.78 is 4.91. The van der Waals surface area contributed by atoms with Crippen LogP contribution >= 0.6 is 11.3 Å². The van der Waals surface area contributed by atoms with Gasteiger partial charge in [-0.2, -0.15) is 0 Å². The molecule has 21 heavy (non-hydrogen) atoms. The van der Waals surface area contributed by atoms with Gasteiger partial charge in [0.2, 0.25) is 0 Å². The molecular weight excluding hydrogens is 284 g/mol. The van der Waals surface area contributed by atoms with E-state index in [0.29, 0.717) is 19.4 Å². The van der Waals surface area contributed by atoms with Gasteiger partial charge < -0.3 is 10.1 Å². The highest BCUT2D eigenvalue weighted by Crippen LogP contribution is 2.23. The standard InChI is InChI=1S/C16H20N2O2S/c1-4-20-15(19)8-7-14-10-21-16(18-14)17-13-6-5-11(2)12(3)9-13/h5-6,9-10H,4,7-8H2,1-3H3,(H,17,18). The summed E-state index contributed by atoms with van der Waals surface area (Å²) >= 11 is 1.55. The Kier molecular flexibility index (Phi) is 5.33. The second-order valence-electron chi connectivity index (χ2n) is 4.87. The molecule has 0 spiro atoms. The van der Waals surface area contributed by atoms with Crippen molar-refractivity contribution < 1.29 is 9.53 Å². The molecule has 2 aromatic rings. The van der Waals surface area contributed by atoms with Crippen LogP contribution in [0.15, 0.2) is 23.6 Å². The summed E-state index contributed by atoms with van der Waals surface area (Å²) in [6, 6.07) is 6.24. The molecule has 0 bridgehead atoms. The predicted octanol–water partition coefficient (Wildman–Crippen LogP) is 4.00. The van der Waals surface area contributed by atoms with Crippen LogP contribution in [-0.2, 0) is 16.0 Å². The van der Waals surface area contributed by atoms with Crippen molar-refractivity contribution in [3.05, 3.63) is 40.4 Å². The minimum Gasteiger partial charge on any atom is -0.466 e. The van der Waals surface area contributed by atoms with Crippen LogP contribution in [0.2, 0.25) is 0 Å². The smallest absolute Gasteiger partial charge is 0.306 e. The van der Waals surface area contributed by atoms with Crippen molar-refractivity contribution in [2.45, 2.75) is 33.6 Å². The number of carbonyl (C=O) groups excluding carboxylic acids is 1. The largest absolute Gasteiger partial charge is 0.466 e. The maximum absolute atomic E-state index is 11.3. The predicted molar refractivity (Wildman–Crippen MR) is 86.3 cm³/mol. The van der Waals surface area contributed by atoms with Crippen LogP contribution in [0, 0.1) is 13.8 Å². The van der Waals surface area contributed by atoms with Crippen LogP contribution in [0.5, 0.6) is 0 Å². The number of nitrogens with one attached hydrogen (secondary N) is 1.